The summed E-state index contributed by atoms with van der Waals surface area (Å²) in [4.78, 5) is 58.9. The van der Waals surface area contributed by atoms with Crippen LogP contribution in [-0.2, 0) is 14.4 Å². The molecule has 11 nitrogen and oxygen atoms in total. The van der Waals surface area contributed by atoms with Crippen LogP contribution in [0.25, 0.3) is 0 Å². The lowest BCUT2D eigenvalue weighted by molar-refractivity contribution is -0.124. The van der Waals surface area contributed by atoms with Crippen LogP contribution in [0.1, 0.15) is 50.0 Å². The lowest BCUT2D eigenvalue weighted by Crippen LogP contribution is -2.44. The van der Waals surface area contributed by atoms with Crippen molar-refractivity contribution in [3.05, 3.63) is 102 Å². The molecule has 1 heterocycles. The summed E-state index contributed by atoms with van der Waals surface area (Å²) in [6.45, 7) is 11.3. The Morgan fingerprint density at radius 3 is 2.18 bits per heavy atom. The summed E-state index contributed by atoms with van der Waals surface area (Å²) in [7, 11) is 0. The minimum absolute atomic E-state index is 0.154. The number of aryl methyl sites for hydroxylation is 1. The number of aromatic nitrogens is 2. The Balaban J connectivity index is 1.66. The van der Waals surface area contributed by atoms with Crippen molar-refractivity contribution in [2.75, 3.05) is 21.3 Å². The Hall–Kier alpha value is -5.79. The first kappa shape index (κ1) is 37.7. The highest BCUT2D eigenvalue weighted by molar-refractivity contribution is 6.08. The highest BCUT2D eigenvalue weighted by Gasteiger charge is 2.30. The number of nitrogens with zero attached hydrogens (tertiary/aromatic N) is 2. The molecule has 3 aromatic rings. The van der Waals surface area contributed by atoms with Crippen LogP contribution in [0.15, 0.2) is 90.8 Å². The zero-order valence-corrected chi connectivity index (χ0v) is 27.7. The van der Waals surface area contributed by atoms with Gasteiger partial charge in [0.05, 0.1) is 18.1 Å². The average molecular weight is 678 g/mol. The van der Waals surface area contributed by atoms with Crippen molar-refractivity contribution < 1.29 is 32.3 Å². The van der Waals surface area contributed by atoms with E-state index in [1.54, 1.807) is 37.3 Å². The van der Waals surface area contributed by atoms with Crippen molar-refractivity contribution in [2.24, 2.45) is 5.92 Å². The molecule has 2 aromatic carbocycles. The maximum Gasteiger partial charge on any atom is 0.412 e. The van der Waals surface area contributed by atoms with E-state index < -0.39 is 35.5 Å². The molecule has 0 aliphatic rings. The van der Waals surface area contributed by atoms with Gasteiger partial charge in [0.1, 0.15) is 6.04 Å². The monoisotopic (exact) mass is 677 g/mol. The summed E-state index contributed by atoms with van der Waals surface area (Å²) in [5.74, 6) is -1.76. The van der Waals surface area contributed by atoms with Gasteiger partial charge < -0.3 is 26.6 Å². The Morgan fingerprint density at radius 1 is 0.918 bits per heavy atom. The molecule has 0 fully saturated rings. The van der Waals surface area contributed by atoms with Crippen LogP contribution < -0.4 is 26.6 Å². The van der Waals surface area contributed by atoms with E-state index in [1.165, 1.54) is 37.5 Å². The van der Waals surface area contributed by atoms with Crippen molar-refractivity contribution in [1.82, 2.24) is 15.3 Å². The molecule has 0 aliphatic carbocycles. The van der Waals surface area contributed by atoms with Crippen molar-refractivity contribution in [2.45, 2.75) is 53.3 Å². The van der Waals surface area contributed by atoms with Crippen molar-refractivity contribution in [3.63, 3.8) is 0 Å². The number of carbonyl (C=O) groups is 4. The van der Waals surface area contributed by atoms with Crippen molar-refractivity contribution >= 4 is 52.3 Å². The molecule has 0 bridgehead atoms. The molecule has 0 saturated carbocycles. The van der Waals surface area contributed by atoms with Crippen LogP contribution in [0.2, 0.25) is 0 Å². The number of anilines is 5. The van der Waals surface area contributed by atoms with E-state index in [0.29, 0.717) is 23.4 Å². The second-order valence-corrected chi connectivity index (χ2v) is 11.4. The predicted molar refractivity (Wildman–Crippen MR) is 183 cm³/mol. The lowest BCUT2D eigenvalue weighted by Gasteiger charge is -2.19. The van der Waals surface area contributed by atoms with E-state index in [-0.39, 0.29) is 40.3 Å². The van der Waals surface area contributed by atoms with E-state index in [0.717, 1.165) is 19.1 Å². The molecule has 1 atom stereocenters. The average Bonchev–Trinajstić information content (AvgIpc) is 3.04. The Labute approximate surface area is 282 Å². The van der Waals surface area contributed by atoms with Crippen LogP contribution in [0, 0.1) is 12.8 Å². The summed E-state index contributed by atoms with van der Waals surface area (Å²) in [6.07, 6.45) is 1.75. The zero-order valence-electron chi connectivity index (χ0n) is 27.7. The molecule has 0 aliphatic heterocycles. The molecule has 1 unspecified atom stereocenters. The van der Waals surface area contributed by atoms with E-state index >= 15 is 0 Å². The number of carbonyl (C=O) groups excluding carboxylic acids is 4. The number of rotatable bonds is 13. The normalized spacial score (nSPS) is 12.5. The molecule has 0 radical (unpaired) electrons. The quantitative estimate of drug-likeness (QED) is 0.0982. The highest BCUT2D eigenvalue weighted by Crippen LogP contribution is 2.27. The summed E-state index contributed by atoms with van der Waals surface area (Å²) in [5.41, 5.74) is 1.20. The zero-order chi connectivity index (χ0) is 36.3. The maximum absolute atomic E-state index is 13.1. The van der Waals surface area contributed by atoms with Gasteiger partial charge in [-0.25, -0.2) is 9.97 Å². The van der Waals surface area contributed by atoms with Crippen LogP contribution in [-0.4, -0.2) is 45.8 Å². The number of alkyl halides is 3. The fraction of sp³-hybridized carbons (Fsp3) is 0.257. The topological polar surface area (TPSA) is 154 Å². The fourth-order valence-electron chi connectivity index (χ4n) is 4.37. The first-order valence-electron chi connectivity index (χ1n) is 15.2. The van der Waals surface area contributed by atoms with Gasteiger partial charge in [0.15, 0.2) is 0 Å². The first-order valence-corrected chi connectivity index (χ1v) is 15.2. The molecule has 1 aromatic heterocycles. The van der Waals surface area contributed by atoms with Gasteiger partial charge in [0.2, 0.25) is 17.8 Å². The maximum atomic E-state index is 13.1. The molecular weight excluding hydrogens is 639 g/mol. The Kier molecular flexibility index (Phi) is 13.0. The standard InChI is InChI=1S/C35H38F3N7O4/c1-7-23(15-22(6)35(36,37)38)31(47)41-26-13-12-21(5)28(17-26)32(48)43-27-18-39-34(40-19-27)44-25-11-9-10-24(16-25)42-33(49)29(14-20(3)4)45-30(46)8-2/h7-13,15-20,29H,2,14H2,1,3-6H3,(H,41,47)(H,42,49)(H,43,48)(H,45,46)(H,39,40,44)/b22-15+,23-7+. The van der Waals surface area contributed by atoms with E-state index in [2.05, 4.69) is 43.1 Å². The van der Waals surface area contributed by atoms with Crippen LogP contribution in [0.3, 0.4) is 0 Å². The molecule has 0 saturated heterocycles. The van der Waals surface area contributed by atoms with Crippen LogP contribution in [0.4, 0.5) is 41.9 Å². The van der Waals surface area contributed by atoms with E-state index in [9.17, 15) is 32.3 Å². The highest BCUT2D eigenvalue weighted by atomic mass is 19.4. The van der Waals surface area contributed by atoms with Gasteiger partial charge in [-0.15, -0.1) is 0 Å². The number of halogens is 3. The SMILES string of the molecule is C=CC(=O)NC(CC(C)C)C(=O)Nc1cccc(Nc2ncc(NC(=O)c3cc(NC(=O)C(=C/C)/C=C(\C)C(F)(F)F)ccc3C)cn2)c1. The predicted octanol–water partition coefficient (Wildman–Crippen LogP) is 6.83. The molecule has 5 N–H and O–H groups in total. The summed E-state index contributed by atoms with van der Waals surface area (Å²) >= 11 is 0. The van der Waals surface area contributed by atoms with Gasteiger partial charge in [-0.1, -0.05) is 38.6 Å². The van der Waals surface area contributed by atoms with E-state index in [1.807, 2.05) is 13.8 Å². The van der Waals surface area contributed by atoms with Gasteiger partial charge >= 0.3 is 6.18 Å². The Bertz CT molecular complexity index is 1770. The van der Waals surface area contributed by atoms with Crippen LogP contribution >= 0.6 is 0 Å². The van der Waals surface area contributed by atoms with Gasteiger partial charge in [-0.2, -0.15) is 13.2 Å². The molecule has 14 heteroatoms. The third-order valence-corrected chi connectivity index (χ3v) is 6.95. The summed E-state index contributed by atoms with van der Waals surface area (Å²) < 4.78 is 38.9. The van der Waals surface area contributed by atoms with Crippen molar-refractivity contribution in [3.8, 4) is 0 Å². The minimum atomic E-state index is -4.57. The van der Waals surface area contributed by atoms with Gasteiger partial charge in [-0.05, 0) is 81.2 Å². The van der Waals surface area contributed by atoms with Crippen LogP contribution in [0.5, 0.6) is 0 Å². The fourth-order valence-corrected chi connectivity index (χ4v) is 4.37. The van der Waals surface area contributed by atoms with Gasteiger partial charge in [0.25, 0.3) is 11.8 Å². The molecule has 0 spiro atoms. The number of hydrogen-bond donors (Lipinski definition) is 5. The number of allylic oxidation sites excluding steroid dienone is 2. The first-order chi connectivity index (χ1) is 23.1. The number of amides is 4. The minimum Gasteiger partial charge on any atom is -0.341 e. The van der Waals surface area contributed by atoms with Gasteiger partial charge in [0, 0.05) is 33.8 Å². The number of benzene rings is 2. The van der Waals surface area contributed by atoms with Gasteiger partial charge in [-0.3, -0.25) is 19.2 Å². The Morgan fingerprint density at radius 2 is 1.57 bits per heavy atom. The largest absolute Gasteiger partial charge is 0.412 e. The lowest BCUT2D eigenvalue weighted by atomic mass is 10.0. The summed E-state index contributed by atoms with van der Waals surface area (Å²) in [6, 6.07) is 10.6. The smallest absolute Gasteiger partial charge is 0.341 e. The number of hydrogen-bond acceptors (Lipinski definition) is 7. The van der Waals surface area contributed by atoms with Crippen molar-refractivity contribution in [1.29, 1.82) is 0 Å². The summed E-state index contributed by atoms with van der Waals surface area (Å²) in [5, 5.41) is 13.7. The number of nitrogens with one attached hydrogen (secondary N) is 5. The molecule has 258 valence electrons. The van der Waals surface area contributed by atoms with E-state index in [4.69, 9.17) is 0 Å². The molecule has 4 amide bonds. The molecule has 49 heavy (non-hydrogen) atoms. The third kappa shape index (κ3) is 11.4. The molecule has 3 rings (SSSR count). The second kappa shape index (κ2) is 16.9. The second-order valence-electron chi connectivity index (χ2n) is 11.4. The molecular formula is C35H38F3N7O4. The third-order valence-electron chi connectivity index (χ3n) is 6.95.